The molecule has 0 radical (unpaired) electrons. The highest BCUT2D eigenvalue weighted by atomic mass is 79.9. The Kier molecular flexibility index (Phi) is 4.65. The Bertz CT molecular complexity index is 615. The molecule has 1 aliphatic rings. The van der Waals surface area contributed by atoms with Crippen LogP contribution in [0.5, 0.6) is 11.5 Å². The maximum absolute atomic E-state index is 5.63. The number of hydrogen-bond donors (Lipinski definition) is 1. The molecule has 0 saturated heterocycles. The maximum Gasteiger partial charge on any atom is 0.175 e. The molecule has 0 bridgehead atoms. The Morgan fingerprint density at radius 2 is 1.95 bits per heavy atom. The number of halogens is 2. The van der Waals surface area contributed by atoms with E-state index in [1.54, 1.807) is 11.3 Å². The van der Waals surface area contributed by atoms with E-state index in [-0.39, 0.29) is 0 Å². The fraction of sp³-hybridized carbons (Fsp3) is 0.286. The Labute approximate surface area is 138 Å². The first kappa shape index (κ1) is 14.4. The van der Waals surface area contributed by atoms with Gasteiger partial charge in [0, 0.05) is 18.0 Å². The molecule has 0 saturated carbocycles. The van der Waals surface area contributed by atoms with Gasteiger partial charge in [0.2, 0.25) is 0 Å². The van der Waals surface area contributed by atoms with Crippen molar-refractivity contribution in [2.75, 3.05) is 13.2 Å². The first-order chi connectivity index (χ1) is 9.72. The van der Waals surface area contributed by atoms with Crippen molar-refractivity contribution in [3.8, 4) is 11.5 Å². The number of thiophene rings is 1. The van der Waals surface area contributed by atoms with Gasteiger partial charge in [0.15, 0.2) is 11.5 Å². The van der Waals surface area contributed by atoms with Crippen molar-refractivity contribution in [1.82, 2.24) is 5.32 Å². The predicted molar refractivity (Wildman–Crippen MR) is 87.7 cm³/mol. The number of rotatable bonds is 4. The highest BCUT2D eigenvalue weighted by Crippen LogP contribution is 2.38. The fourth-order valence-corrected chi connectivity index (χ4v) is 4.10. The molecular formula is C14H13Br2NO2S. The molecule has 0 spiro atoms. The van der Waals surface area contributed by atoms with Crippen LogP contribution in [0.3, 0.4) is 0 Å². The van der Waals surface area contributed by atoms with E-state index in [1.165, 1.54) is 10.4 Å². The first-order valence-electron chi connectivity index (χ1n) is 6.25. The standard InChI is InChI=1S/C14H13Br2NO2S/c15-11-5-9(6-12-14(11)19-4-3-18-12)7-17-8-10-1-2-13(16)20-10/h1-2,5-6,17H,3-4,7-8H2. The summed E-state index contributed by atoms with van der Waals surface area (Å²) in [7, 11) is 0. The zero-order valence-corrected chi connectivity index (χ0v) is 14.6. The Morgan fingerprint density at radius 1 is 1.10 bits per heavy atom. The van der Waals surface area contributed by atoms with Crippen molar-refractivity contribution in [2.24, 2.45) is 0 Å². The SMILES string of the molecule is Brc1ccc(CNCc2cc(Br)c3c(c2)OCCO3)s1. The van der Waals surface area contributed by atoms with Gasteiger partial charge in [-0.15, -0.1) is 11.3 Å². The van der Waals surface area contributed by atoms with Gasteiger partial charge in [-0.1, -0.05) is 0 Å². The molecular weight excluding hydrogens is 406 g/mol. The van der Waals surface area contributed by atoms with Crippen LogP contribution < -0.4 is 14.8 Å². The summed E-state index contributed by atoms with van der Waals surface area (Å²) < 4.78 is 13.3. The summed E-state index contributed by atoms with van der Waals surface area (Å²) >= 11 is 8.76. The van der Waals surface area contributed by atoms with E-state index in [2.05, 4.69) is 55.4 Å². The van der Waals surface area contributed by atoms with Crippen LogP contribution in [-0.4, -0.2) is 13.2 Å². The molecule has 106 valence electrons. The first-order valence-corrected chi connectivity index (χ1v) is 8.65. The third-order valence-corrected chi connectivity index (χ3v) is 5.13. The zero-order chi connectivity index (χ0) is 13.9. The average Bonchev–Trinajstić information content (AvgIpc) is 2.85. The van der Waals surface area contributed by atoms with Crippen LogP contribution in [-0.2, 0) is 13.1 Å². The van der Waals surface area contributed by atoms with E-state index in [4.69, 9.17) is 9.47 Å². The highest BCUT2D eigenvalue weighted by molar-refractivity contribution is 9.11. The van der Waals surface area contributed by atoms with Crippen molar-refractivity contribution in [3.63, 3.8) is 0 Å². The van der Waals surface area contributed by atoms with E-state index in [0.717, 1.165) is 32.8 Å². The van der Waals surface area contributed by atoms with Crippen molar-refractivity contribution in [2.45, 2.75) is 13.1 Å². The minimum absolute atomic E-state index is 0.608. The molecule has 2 aromatic rings. The highest BCUT2D eigenvalue weighted by Gasteiger charge is 2.16. The van der Waals surface area contributed by atoms with Crippen molar-refractivity contribution in [1.29, 1.82) is 0 Å². The van der Waals surface area contributed by atoms with Crippen molar-refractivity contribution in [3.05, 3.63) is 43.0 Å². The minimum Gasteiger partial charge on any atom is -0.486 e. The van der Waals surface area contributed by atoms with Gasteiger partial charge in [0.05, 0.1) is 8.26 Å². The van der Waals surface area contributed by atoms with Gasteiger partial charge in [0.25, 0.3) is 0 Å². The number of ether oxygens (including phenoxy) is 2. The normalized spacial score (nSPS) is 13.5. The van der Waals surface area contributed by atoms with Gasteiger partial charge in [-0.25, -0.2) is 0 Å². The quantitative estimate of drug-likeness (QED) is 0.801. The summed E-state index contributed by atoms with van der Waals surface area (Å²) in [6.45, 7) is 2.88. The van der Waals surface area contributed by atoms with Crippen LogP contribution in [0, 0.1) is 0 Å². The van der Waals surface area contributed by atoms with Gasteiger partial charge in [0.1, 0.15) is 13.2 Å². The van der Waals surface area contributed by atoms with Gasteiger partial charge in [-0.2, -0.15) is 0 Å². The summed E-state index contributed by atoms with van der Waals surface area (Å²) in [5, 5.41) is 3.44. The molecule has 1 aliphatic heterocycles. The van der Waals surface area contributed by atoms with Crippen LogP contribution in [0.1, 0.15) is 10.4 Å². The molecule has 2 heterocycles. The van der Waals surface area contributed by atoms with Crippen molar-refractivity contribution < 1.29 is 9.47 Å². The summed E-state index contributed by atoms with van der Waals surface area (Å²) in [4.78, 5) is 1.31. The van der Waals surface area contributed by atoms with E-state index < -0.39 is 0 Å². The van der Waals surface area contributed by atoms with Gasteiger partial charge >= 0.3 is 0 Å². The zero-order valence-electron chi connectivity index (χ0n) is 10.6. The van der Waals surface area contributed by atoms with Crippen molar-refractivity contribution >= 4 is 43.2 Å². The van der Waals surface area contributed by atoms with Crippen LogP contribution in [0.25, 0.3) is 0 Å². The molecule has 1 aromatic carbocycles. The summed E-state index contributed by atoms with van der Waals surface area (Å²) in [5.74, 6) is 1.63. The molecule has 0 fully saturated rings. The van der Waals surface area contributed by atoms with Crippen LogP contribution in [0.2, 0.25) is 0 Å². The van der Waals surface area contributed by atoms with Gasteiger partial charge in [-0.3, -0.25) is 0 Å². The third kappa shape index (κ3) is 3.36. The molecule has 0 atom stereocenters. The smallest absolute Gasteiger partial charge is 0.175 e. The monoisotopic (exact) mass is 417 g/mol. The lowest BCUT2D eigenvalue weighted by Gasteiger charge is -2.20. The number of hydrogen-bond acceptors (Lipinski definition) is 4. The van der Waals surface area contributed by atoms with Crippen LogP contribution in [0.15, 0.2) is 32.5 Å². The molecule has 3 rings (SSSR count). The minimum atomic E-state index is 0.608. The largest absolute Gasteiger partial charge is 0.486 e. The third-order valence-electron chi connectivity index (χ3n) is 2.91. The van der Waals surface area contributed by atoms with Crippen LogP contribution in [0.4, 0.5) is 0 Å². The van der Waals surface area contributed by atoms with E-state index >= 15 is 0 Å². The molecule has 20 heavy (non-hydrogen) atoms. The second-order valence-corrected chi connectivity index (χ2v) is 7.81. The summed E-state index contributed by atoms with van der Waals surface area (Å²) in [6, 6.07) is 8.31. The Hall–Kier alpha value is -0.560. The summed E-state index contributed by atoms with van der Waals surface area (Å²) in [6.07, 6.45) is 0. The van der Waals surface area contributed by atoms with E-state index in [9.17, 15) is 0 Å². The molecule has 6 heteroatoms. The second kappa shape index (κ2) is 6.47. The number of nitrogens with one attached hydrogen (secondary N) is 1. The molecule has 0 amide bonds. The second-order valence-electron chi connectivity index (χ2n) is 4.41. The number of fused-ring (bicyclic) bond motifs is 1. The molecule has 1 aromatic heterocycles. The molecule has 0 aliphatic carbocycles. The van der Waals surface area contributed by atoms with Gasteiger partial charge in [-0.05, 0) is 61.7 Å². The lowest BCUT2D eigenvalue weighted by Crippen LogP contribution is -2.17. The summed E-state index contributed by atoms with van der Waals surface area (Å²) in [5.41, 5.74) is 1.18. The van der Waals surface area contributed by atoms with Gasteiger partial charge < -0.3 is 14.8 Å². The average molecular weight is 419 g/mol. The van der Waals surface area contributed by atoms with E-state index in [0.29, 0.717) is 13.2 Å². The maximum atomic E-state index is 5.63. The lowest BCUT2D eigenvalue weighted by molar-refractivity contribution is 0.170. The molecule has 3 nitrogen and oxygen atoms in total. The molecule has 1 N–H and O–H groups in total. The molecule has 0 unspecified atom stereocenters. The van der Waals surface area contributed by atoms with Crippen LogP contribution >= 0.6 is 43.2 Å². The fourth-order valence-electron chi connectivity index (χ4n) is 2.04. The number of benzene rings is 1. The van der Waals surface area contributed by atoms with E-state index in [1.807, 2.05) is 6.07 Å². The topological polar surface area (TPSA) is 30.5 Å². The Morgan fingerprint density at radius 3 is 2.75 bits per heavy atom. The predicted octanol–water partition coefficient (Wildman–Crippen LogP) is 4.33. The Balaban J connectivity index is 1.64. The lowest BCUT2D eigenvalue weighted by atomic mass is 10.2.